The molecule has 0 spiro atoms. The van der Waals surface area contributed by atoms with Crippen molar-refractivity contribution in [3.8, 4) is 12.8 Å². The molecule has 3 unspecified atom stereocenters. The highest BCUT2D eigenvalue weighted by atomic mass is 16.5. The quantitative estimate of drug-likeness (QED) is 0.444. The Balaban J connectivity index is 0.00000117. The molecule has 0 radical (unpaired) electrons. The topological polar surface area (TPSA) is 29.5 Å². The van der Waals surface area contributed by atoms with E-state index in [4.69, 9.17) is 4.74 Å². The molecule has 3 fully saturated rings. The second-order valence-electron chi connectivity index (χ2n) is 10.9. The summed E-state index contributed by atoms with van der Waals surface area (Å²) in [6.07, 6.45) is 22.3. The fourth-order valence-corrected chi connectivity index (χ4v) is 6.91. The van der Waals surface area contributed by atoms with Gasteiger partial charge >= 0.3 is 0 Å². The second-order valence-corrected chi connectivity index (χ2v) is 10.9. The fourth-order valence-electron chi connectivity index (χ4n) is 6.91. The first-order valence-corrected chi connectivity index (χ1v) is 11.8. The Morgan fingerprint density at radius 2 is 1.83 bits per heavy atom. The number of fused-ring (bicyclic) bond motifs is 5. The molecule has 0 saturated heterocycles. The summed E-state index contributed by atoms with van der Waals surface area (Å²) in [5.41, 5.74) is 3.99. The molecule has 1 N–H and O–H groups in total. The van der Waals surface area contributed by atoms with Gasteiger partial charge in [0.15, 0.2) is 0 Å². The molecule has 2 heteroatoms. The van der Waals surface area contributed by atoms with Crippen LogP contribution < -0.4 is 0 Å². The van der Waals surface area contributed by atoms with Gasteiger partial charge < -0.3 is 9.84 Å². The summed E-state index contributed by atoms with van der Waals surface area (Å²) < 4.78 is 6.14. The third kappa shape index (κ3) is 4.11. The molecular formula is C27H42O2. The first-order valence-electron chi connectivity index (χ1n) is 11.8. The van der Waals surface area contributed by atoms with Crippen LogP contribution in [0.15, 0.2) is 23.3 Å². The van der Waals surface area contributed by atoms with Crippen molar-refractivity contribution in [1.29, 1.82) is 0 Å². The molecule has 4 rings (SSSR count). The van der Waals surface area contributed by atoms with Crippen LogP contribution in [0.4, 0.5) is 0 Å². The summed E-state index contributed by atoms with van der Waals surface area (Å²) in [4.78, 5) is 0. The Hall–Kier alpha value is -1.04. The Bertz CT molecular complexity index is 657. The number of rotatable bonds is 5. The summed E-state index contributed by atoms with van der Waals surface area (Å²) >= 11 is 0. The van der Waals surface area contributed by atoms with E-state index in [1.165, 1.54) is 37.7 Å². The fraction of sp³-hybridized carbons (Fsp3) is 0.778. The predicted molar refractivity (Wildman–Crippen MR) is 121 cm³/mol. The van der Waals surface area contributed by atoms with Gasteiger partial charge in [0.1, 0.15) is 0 Å². The van der Waals surface area contributed by atoms with Crippen LogP contribution in [0.1, 0.15) is 79.1 Å². The third-order valence-corrected chi connectivity index (χ3v) is 8.90. The molecule has 162 valence electrons. The molecule has 0 heterocycles. The van der Waals surface area contributed by atoms with Crippen molar-refractivity contribution >= 4 is 0 Å². The van der Waals surface area contributed by atoms with Gasteiger partial charge in [0.2, 0.25) is 0 Å². The molecule has 3 saturated carbocycles. The highest BCUT2D eigenvalue weighted by Crippen LogP contribution is 2.64. The first-order chi connectivity index (χ1) is 13.8. The summed E-state index contributed by atoms with van der Waals surface area (Å²) in [5, 5.41) is 10.1. The maximum atomic E-state index is 10.1. The molecule has 0 amide bonds. The maximum Gasteiger partial charge on any atom is 0.0578 e. The van der Waals surface area contributed by atoms with Gasteiger partial charge in [-0.15, -0.1) is 12.8 Å². The van der Waals surface area contributed by atoms with Crippen molar-refractivity contribution in [2.75, 3.05) is 13.2 Å². The van der Waals surface area contributed by atoms with E-state index in [0.29, 0.717) is 16.7 Å². The van der Waals surface area contributed by atoms with Gasteiger partial charge in [0.05, 0.1) is 6.10 Å². The SMILES string of the molecule is C#C.CC(C)CCOCC1CCC2C3=CC=C4C[C@@H](O)CC[C@]4(C)C3CC[C@]12C. The summed E-state index contributed by atoms with van der Waals surface area (Å²) in [5.74, 6) is 2.92. The van der Waals surface area contributed by atoms with Gasteiger partial charge in [0.25, 0.3) is 0 Å². The van der Waals surface area contributed by atoms with Gasteiger partial charge in [-0.1, -0.05) is 51.0 Å². The molecule has 0 aliphatic heterocycles. The summed E-state index contributed by atoms with van der Waals surface area (Å²) in [6.45, 7) is 11.5. The Morgan fingerprint density at radius 1 is 1.07 bits per heavy atom. The lowest BCUT2D eigenvalue weighted by Gasteiger charge is -2.54. The highest BCUT2D eigenvalue weighted by molar-refractivity contribution is 5.38. The third-order valence-electron chi connectivity index (χ3n) is 8.90. The number of ether oxygens (including phenoxy) is 1. The molecule has 0 bridgehead atoms. The van der Waals surface area contributed by atoms with Gasteiger partial charge in [-0.05, 0) is 85.9 Å². The van der Waals surface area contributed by atoms with Gasteiger partial charge in [0, 0.05) is 13.2 Å². The Kier molecular flexibility index (Phi) is 7.02. The van der Waals surface area contributed by atoms with E-state index >= 15 is 0 Å². The van der Waals surface area contributed by atoms with Crippen molar-refractivity contribution in [3.05, 3.63) is 23.3 Å². The van der Waals surface area contributed by atoms with Gasteiger partial charge in [-0.25, -0.2) is 0 Å². The zero-order valence-corrected chi connectivity index (χ0v) is 19.1. The zero-order valence-electron chi connectivity index (χ0n) is 19.1. The minimum Gasteiger partial charge on any atom is -0.393 e. The molecule has 0 aromatic carbocycles. The van der Waals surface area contributed by atoms with E-state index in [-0.39, 0.29) is 6.10 Å². The van der Waals surface area contributed by atoms with Crippen LogP contribution in [0.5, 0.6) is 0 Å². The number of aliphatic hydroxyl groups is 1. The van der Waals surface area contributed by atoms with Gasteiger partial charge in [-0.3, -0.25) is 0 Å². The highest BCUT2D eigenvalue weighted by Gasteiger charge is 2.56. The van der Waals surface area contributed by atoms with E-state index in [1.54, 1.807) is 5.57 Å². The molecular weight excluding hydrogens is 356 g/mol. The molecule has 0 aromatic heterocycles. The molecule has 4 aliphatic carbocycles. The molecule has 29 heavy (non-hydrogen) atoms. The average Bonchev–Trinajstić information content (AvgIpc) is 3.03. The lowest BCUT2D eigenvalue weighted by molar-refractivity contribution is 0.00884. The van der Waals surface area contributed by atoms with E-state index in [0.717, 1.165) is 50.2 Å². The first kappa shape index (κ1) is 22.6. The number of terminal acetylenes is 1. The largest absolute Gasteiger partial charge is 0.393 e. The number of hydrogen-bond acceptors (Lipinski definition) is 2. The average molecular weight is 399 g/mol. The second kappa shape index (κ2) is 8.99. The van der Waals surface area contributed by atoms with Crippen LogP contribution in [-0.2, 0) is 4.74 Å². The smallest absolute Gasteiger partial charge is 0.0578 e. The number of allylic oxidation sites excluding steroid dienone is 3. The zero-order chi connectivity index (χ0) is 21.2. The summed E-state index contributed by atoms with van der Waals surface area (Å²) in [6, 6.07) is 0. The lowest BCUT2D eigenvalue weighted by Crippen LogP contribution is -2.46. The Labute approximate surface area is 179 Å². The van der Waals surface area contributed by atoms with Crippen molar-refractivity contribution in [2.24, 2.45) is 34.5 Å². The summed E-state index contributed by atoms with van der Waals surface area (Å²) in [7, 11) is 0. The van der Waals surface area contributed by atoms with E-state index in [1.807, 2.05) is 0 Å². The van der Waals surface area contributed by atoms with E-state index in [2.05, 4.69) is 52.7 Å². The van der Waals surface area contributed by atoms with Crippen molar-refractivity contribution in [1.82, 2.24) is 0 Å². The minimum absolute atomic E-state index is 0.119. The van der Waals surface area contributed by atoms with E-state index in [9.17, 15) is 5.11 Å². The number of aliphatic hydroxyl groups excluding tert-OH is 1. The van der Waals surface area contributed by atoms with Gasteiger partial charge in [-0.2, -0.15) is 0 Å². The van der Waals surface area contributed by atoms with Crippen LogP contribution >= 0.6 is 0 Å². The van der Waals surface area contributed by atoms with Crippen molar-refractivity contribution < 1.29 is 9.84 Å². The Morgan fingerprint density at radius 3 is 2.55 bits per heavy atom. The number of hydrogen-bond donors (Lipinski definition) is 1. The molecule has 4 aliphatic rings. The minimum atomic E-state index is -0.119. The molecule has 0 aromatic rings. The van der Waals surface area contributed by atoms with Crippen LogP contribution in [-0.4, -0.2) is 24.4 Å². The lowest BCUT2D eigenvalue weighted by atomic mass is 9.50. The van der Waals surface area contributed by atoms with Crippen LogP contribution in [0, 0.1) is 47.3 Å². The normalized spacial score (nSPS) is 40.7. The van der Waals surface area contributed by atoms with E-state index < -0.39 is 0 Å². The standard InChI is InChI=1S/C25H40O2.C2H2/c1-17(2)11-14-27-16-19-6-8-22-21-7-5-18-15-20(26)9-12-24(18,3)23(21)10-13-25(19,22)4;1-2/h5,7,17,19-20,22-23,26H,6,8-16H2,1-4H3;1-2H/t19?,20-,22?,23?,24-,25+;/m0./s1. The maximum absolute atomic E-state index is 10.1. The monoisotopic (exact) mass is 398 g/mol. The van der Waals surface area contributed by atoms with Crippen LogP contribution in [0.25, 0.3) is 0 Å². The van der Waals surface area contributed by atoms with Crippen molar-refractivity contribution in [2.45, 2.75) is 85.2 Å². The molecule has 2 nitrogen and oxygen atoms in total. The van der Waals surface area contributed by atoms with Crippen molar-refractivity contribution in [3.63, 3.8) is 0 Å². The van der Waals surface area contributed by atoms with Crippen LogP contribution in [0.3, 0.4) is 0 Å². The molecule has 6 atom stereocenters. The predicted octanol–water partition coefficient (Wildman–Crippen LogP) is 6.16. The van der Waals surface area contributed by atoms with Crippen LogP contribution in [0.2, 0.25) is 0 Å².